The van der Waals surface area contributed by atoms with Crippen LogP contribution in [0.25, 0.3) is 0 Å². The Hall–Kier alpha value is -0.220. The van der Waals surface area contributed by atoms with Gasteiger partial charge < -0.3 is 4.74 Å². The van der Waals surface area contributed by atoms with Crippen molar-refractivity contribution in [1.29, 1.82) is 0 Å². The Labute approximate surface area is 121 Å². The first-order valence-corrected chi connectivity index (χ1v) is 10.2. The van der Waals surface area contributed by atoms with Gasteiger partial charge in [0.2, 0.25) is 20.0 Å². The molecule has 9 heteroatoms. The summed E-state index contributed by atoms with van der Waals surface area (Å²) in [7, 11) is -4.90. The number of nitrogens with zero attached hydrogens (tertiary/aromatic N) is 2. The molecule has 0 aliphatic carbocycles. The van der Waals surface area contributed by atoms with Gasteiger partial charge in [-0.3, -0.25) is 0 Å². The van der Waals surface area contributed by atoms with Gasteiger partial charge in [-0.2, -0.15) is 0 Å². The van der Waals surface area contributed by atoms with E-state index in [2.05, 4.69) is 0 Å². The number of methoxy groups -OCH3 is 1. The summed E-state index contributed by atoms with van der Waals surface area (Å²) in [6, 6.07) is 0. The van der Waals surface area contributed by atoms with Gasteiger partial charge in [-0.1, -0.05) is 0 Å². The van der Waals surface area contributed by atoms with Crippen LogP contribution in [-0.4, -0.2) is 77.9 Å². The Bertz CT molecular complexity index is 574. The summed E-state index contributed by atoms with van der Waals surface area (Å²) in [5, 5.41) is 0. The fraction of sp³-hybridized carbons (Fsp3) is 1.00. The second-order valence-electron chi connectivity index (χ2n) is 5.92. The molecule has 2 atom stereocenters. The van der Waals surface area contributed by atoms with Gasteiger partial charge in [0.1, 0.15) is 0 Å². The minimum atomic E-state index is -3.26. The van der Waals surface area contributed by atoms with Gasteiger partial charge >= 0.3 is 0 Å². The van der Waals surface area contributed by atoms with Crippen LogP contribution in [0.15, 0.2) is 0 Å². The Morgan fingerprint density at radius 3 is 2.15 bits per heavy atom. The first-order chi connectivity index (χ1) is 9.08. The van der Waals surface area contributed by atoms with Gasteiger partial charge in [0.15, 0.2) is 0 Å². The van der Waals surface area contributed by atoms with E-state index in [9.17, 15) is 16.8 Å². The van der Waals surface area contributed by atoms with E-state index in [-0.39, 0.29) is 11.3 Å². The fourth-order valence-electron chi connectivity index (χ4n) is 3.28. The summed E-state index contributed by atoms with van der Waals surface area (Å²) in [6.45, 7) is 2.04. The quantitative estimate of drug-likeness (QED) is 0.674. The molecular formula is C11H22N2O5S2. The summed E-state index contributed by atoms with van der Waals surface area (Å²) in [4.78, 5) is 0. The number of ether oxygens (including phenoxy) is 1. The second-order valence-corrected chi connectivity index (χ2v) is 9.88. The number of rotatable bonds is 4. The van der Waals surface area contributed by atoms with Crippen LogP contribution in [0, 0.1) is 11.3 Å². The zero-order chi connectivity index (χ0) is 15.2. The Morgan fingerprint density at radius 1 is 1.10 bits per heavy atom. The molecule has 20 heavy (non-hydrogen) atoms. The maximum atomic E-state index is 11.8. The van der Waals surface area contributed by atoms with Crippen LogP contribution in [0.5, 0.6) is 0 Å². The van der Waals surface area contributed by atoms with Crippen LogP contribution in [-0.2, 0) is 24.8 Å². The molecule has 0 radical (unpaired) electrons. The van der Waals surface area contributed by atoms with E-state index in [1.165, 1.54) is 21.1 Å². The molecule has 2 unspecified atom stereocenters. The van der Waals surface area contributed by atoms with E-state index in [1.54, 1.807) is 7.11 Å². The van der Waals surface area contributed by atoms with E-state index < -0.39 is 20.0 Å². The molecule has 0 spiro atoms. The van der Waals surface area contributed by atoms with Gasteiger partial charge in [-0.25, -0.2) is 25.4 Å². The Morgan fingerprint density at radius 2 is 1.65 bits per heavy atom. The van der Waals surface area contributed by atoms with Gasteiger partial charge in [0, 0.05) is 38.7 Å². The predicted molar refractivity (Wildman–Crippen MR) is 75.2 cm³/mol. The van der Waals surface area contributed by atoms with Crippen LogP contribution in [0.3, 0.4) is 0 Å². The van der Waals surface area contributed by atoms with E-state index in [0.717, 1.165) is 0 Å². The van der Waals surface area contributed by atoms with Crippen LogP contribution in [0.1, 0.15) is 6.42 Å². The Kier molecular flexibility index (Phi) is 4.20. The smallest absolute Gasteiger partial charge is 0.211 e. The average molecular weight is 326 g/mol. The van der Waals surface area contributed by atoms with Crippen molar-refractivity contribution in [2.75, 3.05) is 52.4 Å². The molecule has 2 fully saturated rings. The molecule has 2 saturated heterocycles. The van der Waals surface area contributed by atoms with Crippen molar-refractivity contribution < 1.29 is 21.6 Å². The van der Waals surface area contributed by atoms with Crippen LogP contribution < -0.4 is 0 Å². The minimum absolute atomic E-state index is 0.0133. The lowest BCUT2D eigenvalue weighted by molar-refractivity contribution is 0.0210. The third kappa shape index (κ3) is 3.01. The summed E-state index contributed by atoms with van der Waals surface area (Å²) >= 11 is 0. The fourth-order valence-corrected chi connectivity index (χ4v) is 5.10. The Balaban J connectivity index is 2.26. The number of piperidine rings is 1. The average Bonchev–Trinajstić information content (AvgIpc) is 2.66. The second kappa shape index (κ2) is 5.20. The third-order valence-electron chi connectivity index (χ3n) is 4.43. The van der Waals surface area contributed by atoms with Crippen molar-refractivity contribution in [2.45, 2.75) is 6.42 Å². The lowest BCUT2D eigenvalue weighted by Crippen LogP contribution is -2.50. The zero-order valence-corrected chi connectivity index (χ0v) is 13.7. The van der Waals surface area contributed by atoms with E-state index >= 15 is 0 Å². The molecule has 2 heterocycles. The molecule has 0 aromatic carbocycles. The summed E-state index contributed by atoms with van der Waals surface area (Å²) in [6.07, 6.45) is 3.02. The van der Waals surface area contributed by atoms with E-state index in [4.69, 9.17) is 4.74 Å². The number of hydrogen-bond donors (Lipinski definition) is 0. The molecular weight excluding hydrogens is 304 g/mol. The number of fused-ring (bicyclic) bond motifs is 1. The number of hydrogen-bond acceptors (Lipinski definition) is 5. The van der Waals surface area contributed by atoms with Crippen LogP contribution >= 0.6 is 0 Å². The number of sulfonamides is 2. The van der Waals surface area contributed by atoms with Gasteiger partial charge in [-0.05, 0) is 12.3 Å². The zero-order valence-electron chi connectivity index (χ0n) is 12.1. The maximum absolute atomic E-state index is 11.8. The van der Waals surface area contributed by atoms with Crippen LogP contribution in [0.2, 0.25) is 0 Å². The van der Waals surface area contributed by atoms with Crippen molar-refractivity contribution in [3.63, 3.8) is 0 Å². The van der Waals surface area contributed by atoms with Gasteiger partial charge in [0.05, 0.1) is 19.1 Å². The minimum Gasteiger partial charge on any atom is -0.384 e. The highest BCUT2D eigenvalue weighted by atomic mass is 32.2. The maximum Gasteiger partial charge on any atom is 0.211 e. The first-order valence-electron chi connectivity index (χ1n) is 6.48. The van der Waals surface area contributed by atoms with Crippen molar-refractivity contribution in [2.24, 2.45) is 11.3 Å². The molecule has 0 aromatic heterocycles. The van der Waals surface area contributed by atoms with Crippen molar-refractivity contribution in [3.05, 3.63) is 0 Å². The third-order valence-corrected chi connectivity index (χ3v) is 6.92. The highest BCUT2D eigenvalue weighted by molar-refractivity contribution is 7.88. The molecule has 118 valence electrons. The van der Waals surface area contributed by atoms with Crippen molar-refractivity contribution in [1.82, 2.24) is 8.61 Å². The molecule has 7 nitrogen and oxygen atoms in total. The summed E-state index contributed by atoms with van der Waals surface area (Å²) in [5.41, 5.74) is -0.265. The van der Waals surface area contributed by atoms with Crippen molar-refractivity contribution in [3.8, 4) is 0 Å². The molecule has 0 amide bonds. The highest BCUT2D eigenvalue weighted by Gasteiger charge is 2.52. The molecule has 0 bridgehead atoms. The normalized spacial score (nSPS) is 33.2. The van der Waals surface area contributed by atoms with Crippen molar-refractivity contribution >= 4 is 20.0 Å². The lowest BCUT2D eigenvalue weighted by atomic mass is 9.74. The molecule has 2 aliphatic heterocycles. The topological polar surface area (TPSA) is 84.0 Å². The van der Waals surface area contributed by atoms with Gasteiger partial charge in [-0.15, -0.1) is 0 Å². The van der Waals surface area contributed by atoms with E-state index in [0.29, 0.717) is 39.2 Å². The largest absolute Gasteiger partial charge is 0.384 e. The molecule has 0 saturated carbocycles. The monoisotopic (exact) mass is 326 g/mol. The lowest BCUT2D eigenvalue weighted by Gasteiger charge is -2.42. The van der Waals surface area contributed by atoms with Gasteiger partial charge in [0.25, 0.3) is 0 Å². The molecule has 0 N–H and O–H groups in total. The highest BCUT2D eigenvalue weighted by Crippen LogP contribution is 2.44. The summed E-state index contributed by atoms with van der Waals surface area (Å²) < 4.78 is 55.0. The predicted octanol–water partition coefficient (Wildman–Crippen LogP) is -0.824. The molecule has 2 aliphatic rings. The first kappa shape index (κ1) is 16.2. The van der Waals surface area contributed by atoms with Crippen LogP contribution in [0.4, 0.5) is 0 Å². The SMILES string of the molecule is COCC12CCN(S(C)(=O)=O)CC1CN(S(C)(=O)=O)C2. The van der Waals surface area contributed by atoms with E-state index in [1.807, 2.05) is 0 Å². The molecule has 0 aromatic rings. The molecule has 2 rings (SSSR count). The summed E-state index contributed by atoms with van der Waals surface area (Å²) in [5.74, 6) is -0.0133. The standard InChI is InChI=1S/C11H22N2O5S2/c1-18-9-11-4-5-12(19(2,14)15)6-10(11)7-13(8-11)20(3,16)17/h10H,4-9H2,1-3H3.